The molecule has 0 heterocycles. The lowest BCUT2D eigenvalue weighted by Gasteiger charge is -2.25. The molecule has 0 aromatic rings. The van der Waals surface area contributed by atoms with Crippen LogP contribution >= 0.6 is 0 Å². The van der Waals surface area contributed by atoms with Crippen LogP contribution in [0.5, 0.6) is 0 Å². The van der Waals surface area contributed by atoms with Gasteiger partial charge in [-0.25, -0.2) is 0 Å². The third kappa shape index (κ3) is 1.41. The Labute approximate surface area is 73.8 Å². The van der Waals surface area contributed by atoms with Crippen molar-refractivity contribution in [2.75, 3.05) is 7.11 Å². The van der Waals surface area contributed by atoms with E-state index in [1.807, 2.05) is 0 Å². The summed E-state index contributed by atoms with van der Waals surface area (Å²) in [6.45, 7) is 0. The second kappa shape index (κ2) is 3.19. The van der Waals surface area contributed by atoms with E-state index in [0.29, 0.717) is 12.1 Å². The maximum atomic E-state index is 5.91. The molecule has 2 aliphatic carbocycles. The minimum absolute atomic E-state index is 0.344. The van der Waals surface area contributed by atoms with Crippen LogP contribution in [0.4, 0.5) is 0 Å². The van der Waals surface area contributed by atoms with Crippen molar-refractivity contribution in [3.8, 4) is 0 Å². The maximum absolute atomic E-state index is 5.91. The zero-order valence-corrected chi connectivity index (χ0v) is 7.57. The van der Waals surface area contributed by atoms with Crippen molar-refractivity contribution in [1.82, 2.24) is 0 Å². The Balaban J connectivity index is 2.03. The molecular weight excluding hydrogens is 150 g/mol. The molecule has 0 bridgehead atoms. The minimum atomic E-state index is 0.344. The quantitative estimate of drug-likeness (QED) is 0.598. The summed E-state index contributed by atoms with van der Waals surface area (Å²) in [4.78, 5) is 0. The second-order valence-corrected chi connectivity index (χ2v) is 4.05. The van der Waals surface area contributed by atoms with Gasteiger partial charge in [0.05, 0.1) is 6.10 Å². The molecule has 0 aromatic heterocycles. The van der Waals surface area contributed by atoms with E-state index < -0.39 is 0 Å². The molecule has 1 saturated carbocycles. The summed E-state index contributed by atoms with van der Waals surface area (Å²) in [5.41, 5.74) is 5.91. The van der Waals surface area contributed by atoms with Crippen LogP contribution in [0.3, 0.4) is 0 Å². The predicted molar refractivity (Wildman–Crippen MR) is 48.7 cm³/mol. The molecule has 0 saturated heterocycles. The van der Waals surface area contributed by atoms with E-state index in [9.17, 15) is 0 Å². The molecule has 3 unspecified atom stereocenters. The Morgan fingerprint density at radius 1 is 1.25 bits per heavy atom. The van der Waals surface area contributed by atoms with Crippen LogP contribution < -0.4 is 5.73 Å². The Morgan fingerprint density at radius 3 is 2.83 bits per heavy atom. The van der Waals surface area contributed by atoms with Crippen LogP contribution in [0.2, 0.25) is 0 Å². The Morgan fingerprint density at radius 2 is 2.08 bits per heavy atom. The highest BCUT2D eigenvalue weighted by Gasteiger charge is 2.34. The molecule has 2 heteroatoms. The molecule has 12 heavy (non-hydrogen) atoms. The van der Waals surface area contributed by atoms with Gasteiger partial charge in [-0.1, -0.05) is 12.2 Å². The van der Waals surface area contributed by atoms with Crippen LogP contribution in [0, 0.1) is 11.8 Å². The summed E-state index contributed by atoms with van der Waals surface area (Å²) < 4.78 is 5.31. The molecule has 2 nitrogen and oxygen atoms in total. The zero-order valence-electron chi connectivity index (χ0n) is 7.57. The highest BCUT2D eigenvalue weighted by Crippen LogP contribution is 2.38. The van der Waals surface area contributed by atoms with Crippen LogP contribution in [0.15, 0.2) is 12.2 Å². The lowest BCUT2D eigenvalue weighted by molar-refractivity contribution is 0.105. The van der Waals surface area contributed by atoms with Crippen molar-refractivity contribution in [3.63, 3.8) is 0 Å². The molecule has 68 valence electrons. The first-order chi connectivity index (χ1) is 5.79. The summed E-state index contributed by atoms with van der Waals surface area (Å²) in [6.07, 6.45) is 8.38. The number of ether oxygens (including phenoxy) is 1. The summed E-state index contributed by atoms with van der Waals surface area (Å²) in [5.74, 6) is 1.53. The van der Waals surface area contributed by atoms with E-state index in [0.717, 1.165) is 11.8 Å². The van der Waals surface area contributed by atoms with Crippen LogP contribution in [-0.4, -0.2) is 19.3 Å². The monoisotopic (exact) mass is 167 g/mol. The second-order valence-electron chi connectivity index (χ2n) is 4.05. The molecular formula is C10H17NO. The zero-order chi connectivity index (χ0) is 8.55. The van der Waals surface area contributed by atoms with Gasteiger partial charge < -0.3 is 10.5 Å². The van der Waals surface area contributed by atoms with Crippen molar-refractivity contribution in [2.24, 2.45) is 17.6 Å². The number of allylic oxidation sites excluding steroid dienone is 1. The van der Waals surface area contributed by atoms with Gasteiger partial charge in [-0.05, 0) is 31.1 Å². The molecule has 4 atom stereocenters. The van der Waals surface area contributed by atoms with E-state index in [1.54, 1.807) is 7.11 Å². The van der Waals surface area contributed by atoms with Gasteiger partial charge in [0.2, 0.25) is 0 Å². The van der Waals surface area contributed by atoms with Gasteiger partial charge in [0, 0.05) is 13.2 Å². The Bertz CT molecular complexity index is 190. The largest absolute Gasteiger partial charge is 0.377 e. The molecule has 0 aliphatic heterocycles. The molecule has 2 rings (SSSR count). The predicted octanol–water partition coefficient (Wildman–Crippen LogP) is 1.31. The number of fused-ring (bicyclic) bond motifs is 1. The first kappa shape index (κ1) is 8.27. The first-order valence-electron chi connectivity index (χ1n) is 4.76. The van der Waals surface area contributed by atoms with E-state index in [1.165, 1.54) is 19.3 Å². The fraction of sp³-hybridized carbons (Fsp3) is 0.800. The first-order valence-corrected chi connectivity index (χ1v) is 4.76. The summed E-state index contributed by atoms with van der Waals surface area (Å²) in [5, 5.41) is 0. The minimum Gasteiger partial charge on any atom is -0.377 e. The lowest BCUT2D eigenvalue weighted by Crippen LogP contribution is -2.21. The molecule has 2 aliphatic rings. The smallest absolute Gasteiger partial charge is 0.0755 e. The van der Waals surface area contributed by atoms with Gasteiger partial charge in [-0.15, -0.1) is 0 Å². The maximum Gasteiger partial charge on any atom is 0.0755 e. The number of methoxy groups -OCH3 is 1. The normalized spacial score (nSPS) is 46.2. The summed E-state index contributed by atoms with van der Waals surface area (Å²) >= 11 is 0. The van der Waals surface area contributed by atoms with Gasteiger partial charge in [0.25, 0.3) is 0 Å². The third-order valence-electron chi connectivity index (χ3n) is 3.20. The molecule has 0 radical (unpaired) electrons. The number of rotatable bonds is 1. The van der Waals surface area contributed by atoms with Crippen LogP contribution in [-0.2, 0) is 4.74 Å². The fourth-order valence-electron chi connectivity index (χ4n) is 2.53. The summed E-state index contributed by atoms with van der Waals surface area (Å²) in [7, 11) is 1.78. The van der Waals surface area contributed by atoms with Gasteiger partial charge >= 0.3 is 0 Å². The van der Waals surface area contributed by atoms with Crippen LogP contribution in [0.25, 0.3) is 0 Å². The molecule has 0 aromatic carbocycles. The van der Waals surface area contributed by atoms with Crippen molar-refractivity contribution in [3.05, 3.63) is 12.2 Å². The number of hydrogen-bond acceptors (Lipinski definition) is 2. The molecule has 0 amide bonds. The van der Waals surface area contributed by atoms with Gasteiger partial charge in [-0.3, -0.25) is 0 Å². The van der Waals surface area contributed by atoms with Gasteiger partial charge in [-0.2, -0.15) is 0 Å². The molecule has 0 spiro atoms. The van der Waals surface area contributed by atoms with Crippen molar-refractivity contribution in [1.29, 1.82) is 0 Å². The van der Waals surface area contributed by atoms with E-state index in [2.05, 4.69) is 12.2 Å². The van der Waals surface area contributed by atoms with Crippen molar-refractivity contribution >= 4 is 0 Å². The standard InChI is InChI=1S/C10H17NO/c1-12-10-3-2-7-4-9(11)5-8(7)6-10/h2-3,7-10H,4-6,11H2,1H3/t7?,8?,9-,10?/m1/s1. The third-order valence-corrected chi connectivity index (χ3v) is 3.20. The SMILES string of the molecule is COC1C=CC2C[C@@H](N)CC2C1. The molecule has 2 N–H and O–H groups in total. The fourth-order valence-corrected chi connectivity index (χ4v) is 2.53. The number of nitrogens with two attached hydrogens (primary N) is 1. The Hall–Kier alpha value is -0.340. The topological polar surface area (TPSA) is 35.2 Å². The van der Waals surface area contributed by atoms with E-state index >= 15 is 0 Å². The number of hydrogen-bond donors (Lipinski definition) is 1. The van der Waals surface area contributed by atoms with Crippen LogP contribution in [0.1, 0.15) is 19.3 Å². The van der Waals surface area contributed by atoms with Gasteiger partial charge in [0.15, 0.2) is 0 Å². The molecule has 1 fully saturated rings. The van der Waals surface area contributed by atoms with E-state index in [4.69, 9.17) is 10.5 Å². The Kier molecular flexibility index (Phi) is 2.20. The van der Waals surface area contributed by atoms with Crippen molar-refractivity contribution < 1.29 is 4.74 Å². The van der Waals surface area contributed by atoms with E-state index in [-0.39, 0.29) is 0 Å². The van der Waals surface area contributed by atoms with Gasteiger partial charge in [0.1, 0.15) is 0 Å². The highest BCUT2D eigenvalue weighted by atomic mass is 16.5. The summed E-state index contributed by atoms with van der Waals surface area (Å²) in [6, 6.07) is 0.431. The highest BCUT2D eigenvalue weighted by molar-refractivity contribution is 5.06. The average molecular weight is 167 g/mol. The van der Waals surface area contributed by atoms with Crippen molar-refractivity contribution in [2.45, 2.75) is 31.4 Å². The average Bonchev–Trinajstić information content (AvgIpc) is 2.43. The lowest BCUT2D eigenvalue weighted by atomic mass is 9.85.